The molecule has 0 atom stereocenters. The van der Waals surface area contributed by atoms with E-state index in [1.54, 1.807) is 6.20 Å². The van der Waals surface area contributed by atoms with Crippen molar-refractivity contribution in [1.82, 2.24) is 14.5 Å². The normalized spacial score (nSPS) is 12.2. The molecule has 0 fully saturated rings. The van der Waals surface area contributed by atoms with Crippen molar-refractivity contribution >= 4 is 32.6 Å². The number of pyridine rings is 1. The van der Waals surface area contributed by atoms with Crippen LogP contribution in [0.25, 0.3) is 11.2 Å². The Labute approximate surface area is 117 Å². The summed E-state index contributed by atoms with van der Waals surface area (Å²) in [5.74, 6) is 1.17. The fourth-order valence-corrected chi connectivity index (χ4v) is 2.86. The van der Waals surface area contributed by atoms with Gasteiger partial charge in [0, 0.05) is 19.0 Å². The first-order valence-electron chi connectivity index (χ1n) is 5.97. The number of imidazole rings is 1. The van der Waals surface area contributed by atoms with Gasteiger partial charge < -0.3 is 4.57 Å². The lowest BCUT2D eigenvalue weighted by Crippen LogP contribution is -2.09. The quantitative estimate of drug-likeness (QED) is 0.791. The minimum Gasteiger partial charge on any atom is -0.312 e. The van der Waals surface area contributed by atoms with Gasteiger partial charge in [-0.3, -0.25) is 0 Å². The average Bonchev–Trinajstić information content (AvgIpc) is 2.68. The third kappa shape index (κ3) is 3.25. The topological polar surface area (TPSA) is 64.8 Å². The number of alkyl halides is 1. The van der Waals surface area contributed by atoms with Gasteiger partial charge in [-0.05, 0) is 25.0 Å². The van der Waals surface area contributed by atoms with E-state index >= 15 is 0 Å². The maximum atomic E-state index is 11.2. The second kappa shape index (κ2) is 5.46. The van der Waals surface area contributed by atoms with E-state index in [1.165, 1.54) is 6.26 Å². The monoisotopic (exact) mass is 301 g/mol. The fraction of sp³-hybridized carbons (Fsp3) is 0.500. The first-order chi connectivity index (χ1) is 8.92. The largest absolute Gasteiger partial charge is 0.312 e. The van der Waals surface area contributed by atoms with Crippen LogP contribution in [0.15, 0.2) is 12.3 Å². The number of rotatable bonds is 5. The number of sulfone groups is 1. The Morgan fingerprint density at radius 3 is 2.79 bits per heavy atom. The van der Waals surface area contributed by atoms with E-state index in [9.17, 15) is 8.42 Å². The number of hydrogen-bond acceptors (Lipinski definition) is 4. The van der Waals surface area contributed by atoms with Crippen molar-refractivity contribution in [3.8, 4) is 0 Å². The van der Waals surface area contributed by atoms with Crippen molar-refractivity contribution in [1.29, 1.82) is 0 Å². The molecule has 2 rings (SSSR count). The molecule has 0 N–H and O–H groups in total. The molecule has 0 unspecified atom stereocenters. The standard InChI is InChI=1S/C12H16ClN3O2S/c1-9-4-5-14-12-11(9)15-10(8-13)16(12)6-3-7-19(2,17)18/h4-5H,3,6-8H2,1-2H3. The first kappa shape index (κ1) is 14.3. The Morgan fingerprint density at radius 1 is 1.42 bits per heavy atom. The lowest BCUT2D eigenvalue weighted by molar-refractivity contribution is 0.591. The molecule has 5 nitrogen and oxygen atoms in total. The minimum absolute atomic E-state index is 0.153. The lowest BCUT2D eigenvalue weighted by Gasteiger charge is -2.06. The van der Waals surface area contributed by atoms with E-state index < -0.39 is 9.84 Å². The van der Waals surface area contributed by atoms with Crippen LogP contribution in [0, 0.1) is 6.92 Å². The Hall–Kier alpha value is -1.14. The molecule has 7 heteroatoms. The van der Waals surface area contributed by atoms with Crippen LogP contribution in [-0.4, -0.2) is 35.0 Å². The van der Waals surface area contributed by atoms with E-state index in [2.05, 4.69) is 9.97 Å². The van der Waals surface area contributed by atoms with Crippen LogP contribution >= 0.6 is 11.6 Å². The molecule has 0 bridgehead atoms. The zero-order chi connectivity index (χ0) is 14.0. The Kier molecular flexibility index (Phi) is 4.10. The third-order valence-electron chi connectivity index (χ3n) is 2.93. The highest BCUT2D eigenvalue weighted by Crippen LogP contribution is 2.19. The van der Waals surface area contributed by atoms with Crippen LogP contribution < -0.4 is 0 Å². The molecule has 104 valence electrons. The van der Waals surface area contributed by atoms with Gasteiger partial charge in [-0.15, -0.1) is 11.6 Å². The molecule has 19 heavy (non-hydrogen) atoms. The van der Waals surface area contributed by atoms with Crippen LogP contribution in [0.5, 0.6) is 0 Å². The summed E-state index contributed by atoms with van der Waals surface area (Å²) in [6.45, 7) is 2.53. The molecule has 0 aliphatic rings. The zero-order valence-electron chi connectivity index (χ0n) is 10.9. The summed E-state index contributed by atoms with van der Waals surface area (Å²) in [6, 6.07) is 1.90. The van der Waals surface area contributed by atoms with Crippen LogP contribution in [0.4, 0.5) is 0 Å². The van der Waals surface area contributed by atoms with Crippen molar-refractivity contribution < 1.29 is 8.42 Å². The molecule has 0 saturated heterocycles. The first-order valence-corrected chi connectivity index (χ1v) is 8.56. The van der Waals surface area contributed by atoms with Gasteiger partial charge in [0.2, 0.25) is 0 Å². The van der Waals surface area contributed by atoms with Gasteiger partial charge >= 0.3 is 0 Å². The number of aryl methyl sites for hydroxylation is 2. The maximum absolute atomic E-state index is 11.2. The second-order valence-corrected chi connectivity index (χ2v) is 7.12. The van der Waals surface area contributed by atoms with Gasteiger partial charge in [0.15, 0.2) is 5.65 Å². The Morgan fingerprint density at radius 2 is 2.16 bits per heavy atom. The van der Waals surface area contributed by atoms with Crippen LogP contribution in [0.3, 0.4) is 0 Å². The average molecular weight is 302 g/mol. The molecule has 0 saturated carbocycles. The number of halogens is 1. The van der Waals surface area contributed by atoms with Crippen LogP contribution in [0.1, 0.15) is 17.8 Å². The van der Waals surface area contributed by atoms with Crippen molar-refractivity contribution in [2.75, 3.05) is 12.0 Å². The minimum atomic E-state index is -2.95. The van der Waals surface area contributed by atoms with Crippen molar-refractivity contribution in [2.45, 2.75) is 25.8 Å². The summed E-state index contributed by atoms with van der Waals surface area (Å²) in [5.41, 5.74) is 2.64. The van der Waals surface area contributed by atoms with Crippen molar-refractivity contribution in [2.24, 2.45) is 0 Å². The number of fused-ring (bicyclic) bond motifs is 1. The predicted molar refractivity (Wildman–Crippen MR) is 76.1 cm³/mol. The lowest BCUT2D eigenvalue weighted by atomic mass is 10.3. The number of nitrogens with zero attached hydrogens (tertiary/aromatic N) is 3. The summed E-state index contributed by atoms with van der Waals surface area (Å²) < 4.78 is 24.2. The predicted octanol–water partition coefficient (Wildman–Crippen LogP) is 1.91. The van der Waals surface area contributed by atoms with E-state index in [1.807, 2.05) is 17.6 Å². The van der Waals surface area contributed by atoms with Crippen molar-refractivity contribution in [3.05, 3.63) is 23.7 Å². The molecule has 2 aromatic heterocycles. The fourth-order valence-electron chi connectivity index (χ4n) is 2.01. The summed E-state index contributed by atoms with van der Waals surface area (Å²) in [6.07, 6.45) is 3.50. The summed E-state index contributed by atoms with van der Waals surface area (Å²) >= 11 is 5.90. The van der Waals surface area contributed by atoms with E-state index in [0.29, 0.717) is 13.0 Å². The van der Waals surface area contributed by atoms with Gasteiger partial charge in [-0.25, -0.2) is 18.4 Å². The van der Waals surface area contributed by atoms with Gasteiger partial charge in [0.05, 0.1) is 11.6 Å². The molecule has 2 aromatic rings. The summed E-state index contributed by atoms with van der Waals surface area (Å²) in [5, 5.41) is 0. The summed E-state index contributed by atoms with van der Waals surface area (Å²) in [7, 11) is -2.95. The molecule has 2 heterocycles. The van der Waals surface area contributed by atoms with Gasteiger partial charge in [-0.1, -0.05) is 0 Å². The molecule has 0 amide bonds. The highest BCUT2D eigenvalue weighted by molar-refractivity contribution is 7.90. The smallest absolute Gasteiger partial charge is 0.160 e. The van der Waals surface area contributed by atoms with Gasteiger partial charge in [-0.2, -0.15) is 0 Å². The van der Waals surface area contributed by atoms with Crippen LogP contribution in [0.2, 0.25) is 0 Å². The van der Waals surface area contributed by atoms with E-state index in [0.717, 1.165) is 22.6 Å². The van der Waals surface area contributed by atoms with E-state index in [4.69, 9.17) is 11.6 Å². The van der Waals surface area contributed by atoms with Gasteiger partial charge in [0.1, 0.15) is 21.2 Å². The van der Waals surface area contributed by atoms with Gasteiger partial charge in [0.25, 0.3) is 0 Å². The second-order valence-electron chi connectivity index (χ2n) is 4.60. The highest BCUT2D eigenvalue weighted by Gasteiger charge is 2.13. The van der Waals surface area contributed by atoms with E-state index in [-0.39, 0.29) is 11.6 Å². The molecule has 0 radical (unpaired) electrons. The summed E-state index contributed by atoms with van der Waals surface area (Å²) in [4.78, 5) is 8.78. The molecule has 0 aromatic carbocycles. The Bertz CT molecular complexity index is 694. The molecular formula is C12H16ClN3O2S. The number of aromatic nitrogens is 3. The zero-order valence-corrected chi connectivity index (χ0v) is 12.5. The molecular weight excluding hydrogens is 286 g/mol. The third-order valence-corrected chi connectivity index (χ3v) is 4.20. The SMILES string of the molecule is Cc1ccnc2c1nc(CCl)n2CCCS(C)(=O)=O. The van der Waals surface area contributed by atoms with Crippen molar-refractivity contribution in [3.63, 3.8) is 0 Å². The maximum Gasteiger partial charge on any atom is 0.160 e. The number of hydrogen-bond donors (Lipinski definition) is 0. The molecule has 0 aliphatic carbocycles. The molecule has 0 spiro atoms. The Balaban J connectivity index is 2.33. The highest BCUT2D eigenvalue weighted by atomic mass is 35.5. The van der Waals surface area contributed by atoms with Crippen LogP contribution in [-0.2, 0) is 22.3 Å². The molecule has 0 aliphatic heterocycles.